The molecule has 162 valence electrons. The third-order valence-corrected chi connectivity index (χ3v) is 6.18. The second kappa shape index (κ2) is 7.15. The van der Waals surface area contributed by atoms with E-state index in [0.29, 0.717) is 11.4 Å². The molecule has 1 amide bonds. The number of fused-ring (bicyclic) bond motifs is 3. The highest BCUT2D eigenvalue weighted by Gasteiger charge is 2.38. The summed E-state index contributed by atoms with van der Waals surface area (Å²) in [6.07, 6.45) is 5.53. The molecule has 4 heterocycles. The quantitative estimate of drug-likeness (QED) is 0.503. The van der Waals surface area contributed by atoms with E-state index in [2.05, 4.69) is 57.1 Å². The summed E-state index contributed by atoms with van der Waals surface area (Å²) in [5, 5.41) is 2.94. The minimum atomic E-state index is -0.201. The molecule has 4 aromatic rings. The molecule has 1 aliphatic heterocycles. The molecule has 0 atom stereocenters. The van der Waals surface area contributed by atoms with Gasteiger partial charge in [-0.25, -0.2) is 15.0 Å². The van der Waals surface area contributed by atoms with E-state index in [-0.39, 0.29) is 17.4 Å². The molecule has 0 aliphatic carbocycles. The number of rotatable bonds is 4. The van der Waals surface area contributed by atoms with Gasteiger partial charge in [0.2, 0.25) is 0 Å². The Labute approximate surface area is 187 Å². The molecule has 0 saturated carbocycles. The molecule has 3 aromatic heterocycles. The Hall–Kier alpha value is -3.74. The zero-order valence-corrected chi connectivity index (χ0v) is 18.9. The predicted octanol–water partition coefficient (Wildman–Crippen LogP) is 4.91. The van der Waals surface area contributed by atoms with Crippen LogP contribution in [0.4, 0.5) is 5.82 Å². The summed E-state index contributed by atoms with van der Waals surface area (Å²) >= 11 is 0. The molecule has 7 heteroatoms. The molecule has 0 radical (unpaired) electrons. The number of carbonyl (C=O) groups is 1. The number of carbonyl (C=O) groups excluding carboxylic acids is 1. The maximum Gasteiger partial charge on any atom is 0.256 e. The number of anilines is 1. The zero-order valence-electron chi connectivity index (χ0n) is 18.9. The van der Waals surface area contributed by atoms with Crippen molar-refractivity contribution in [2.24, 2.45) is 0 Å². The SMILES string of the molecule is Cc1ncn2c1C(C)(C)c1ccc(C(=O)Nc3cccc(-c4nccn4C(C)C)n3)cc1-2. The van der Waals surface area contributed by atoms with Gasteiger partial charge < -0.3 is 14.5 Å². The van der Waals surface area contributed by atoms with Crippen molar-refractivity contribution < 1.29 is 4.79 Å². The molecule has 0 unspecified atom stereocenters. The van der Waals surface area contributed by atoms with E-state index in [4.69, 9.17) is 0 Å². The summed E-state index contributed by atoms with van der Waals surface area (Å²) in [5.74, 6) is 1.07. The highest BCUT2D eigenvalue weighted by atomic mass is 16.1. The minimum Gasteiger partial charge on any atom is -0.327 e. The number of imidazole rings is 2. The van der Waals surface area contributed by atoms with E-state index in [9.17, 15) is 4.79 Å². The van der Waals surface area contributed by atoms with Gasteiger partial charge in [-0.15, -0.1) is 0 Å². The molecule has 0 saturated heterocycles. The van der Waals surface area contributed by atoms with Crippen LogP contribution in [-0.4, -0.2) is 30.0 Å². The number of amides is 1. The standard InChI is InChI=1S/C25H26N6O/c1-15(2)30-12-11-26-23(30)19-7-6-8-21(28-19)29-24(32)17-9-10-18-20(13-17)31-14-27-16(3)22(31)25(18,4)5/h6-15H,1-5H3,(H,28,29,32). The number of pyridine rings is 1. The first kappa shape index (κ1) is 20.2. The smallest absolute Gasteiger partial charge is 0.256 e. The lowest BCUT2D eigenvalue weighted by Gasteiger charge is -2.19. The fraction of sp³-hybridized carbons (Fsp3) is 0.280. The van der Waals surface area contributed by atoms with Gasteiger partial charge in [-0.1, -0.05) is 26.0 Å². The van der Waals surface area contributed by atoms with Gasteiger partial charge in [0, 0.05) is 29.4 Å². The highest BCUT2D eigenvalue weighted by Crippen LogP contribution is 2.44. The van der Waals surface area contributed by atoms with Crippen LogP contribution in [0.2, 0.25) is 0 Å². The number of hydrogen-bond acceptors (Lipinski definition) is 4. The molecule has 1 N–H and O–H groups in total. The number of nitrogens with one attached hydrogen (secondary N) is 1. The fourth-order valence-corrected chi connectivity index (χ4v) is 4.65. The second-order valence-corrected chi connectivity index (χ2v) is 9.02. The van der Waals surface area contributed by atoms with Crippen LogP contribution in [0.1, 0.15) is 61.0 Å². The van der Waals surface area contributed by atoms with Crippen LogP contribution in [0.3, 0.4) is 0 Å². The third-order valence-electron chi connectivity index (χ3n) is 6.18. The van der Waals surface area contributed by atoms with Gasteiger partial charge in [0.15, 0.2) is 5.82 Å². The number of aromatic nitrogens is 5. The predicted molar refractivity (Wildman–Crippen MR) is 124 cm³/mol. The molecule has 1 aromatic carbocycles. The maximum atomic E-state index is 13.1. The Balaban J connectivity index is 1.45. The van der Waals surface area contributed by atoms with Crippen LogP contribution >= 0.6 is 0 Å². The van der Waals surface area contributed by atoms with Gasteiger partial charge in [-0.2, -0.15) is 0 Å². The average Bonchev–Trinajstić information content (AvgIpc) is 3.45. The monoisotopic (exact) mass is 426 g/mol. The van der Waals surface area contributed by atoms with Crippen LogP contribution in [0, 0.1) is 6.92 Å². The summed E-state index contributed by atoms with van der Waals surface area (Å²) in [4.78, 5) is 26.6. The van der Waals surface area contributed by atoms with E-state index in [0.717, 1.165) is 22.9 Å². The van der Waals surface area contributed by atoms with Crippen molar-refractivity contribution in [2.45, 2.75) is 46.1 Å². The normalized spacial score (nSPS) is 13.8. The van der Waals surface area contributed by atoms with Crippen molar-refractivity contribution in [2.75, 3.05) is 5.32 Å². The lowest BCUT2D eigenvalue weighted by molar-refractivity contribution is 0.102. The first-order valence-electron chi connectivity index (χ1n) is 10.8. The molecule has 7 nitrogen and oxygen atoms in total. The Morgan fingerprint density at radius 1 is 1.12 bits per heavy atom. The molecular weight excluding hydrogens is 400 g/mol. The minimum absolute atomic E-state index is 0.154. The number of nitrogens with zero attached hydrogens (tertiary/aromatic N) is 5. The first-order valence-corrected chi connectivity index (χ1v) is 10.8. The van der Waals surface area contributed by atoms with Crippen LogP contribution < -0.4 is 5.32 Å². The summed E-state index contributed by atoms with van der Waals surface area (Å²) in [6.45, 7) is 10.6. The van der Waals surface area contributed by atoms with Gasteiger partial charge in [0.05, 0.1) is 23.4 Å². The summed E-state index contributed by atoms with van der Waals surface area (Å²) in [5.41, 5.74) is 5.51. The van der Waals surface area contributed by atoms with Crippen molar-refractivity contribution in [1.82, 2.24) is 24.1 Å². The van der Waals surface area contributed by atoms with Crippen LogP contribution in [-0.2, 0) is 5.41 Å². The van der Waals surface area contributed by atoms with Crippen LogP contribution in [0.15, 0.2) is 55.1 Å². The Bertz CT molecular complexity index is 1340. The lowest BCUT2D eigenvalue weighted by Crippen LogP contribution is -2.17. The summed E-state index contributed by atoms with van der Waals surface area (Å²) in [6, 6.07) is 11.7. The largest absolute Gasteiger partial charge is 0.327 e. The molecule has 32 heavy (non-hydrogen) atoms. The van der Waals surface area contributed by atoms with Crippen molar-refractivity contribution in [1.29, 1.82) is 0 Å². The van der Waals surface area contributed by atoms with E-state index in [1.807, 2.05) is 49.8 Å². The zero-order chi connectivity index (χ0) is 22.6. The Morgan fingerprint density at radius 3 is 2.72 bits per heavy atom. The van der Waals surface area contributed by atoms with Crippen molar-refractivity contribution in [3.8, 4) is 17.2 Å². The molecule has 5 rings (SSSR count). The first-order chi connectivity index (χ1) is 15.3. The van der Waals surface area contributed by atoms with Gasteiger partial charge in [-0.05, 0) is 50.6 Å². The van der Waals surface area contributed by atoms with Crippen molar-refractivity contribution in [3.63, 3.8) is 0 Å². The number of hydrogen-bond donors (Lipinski definition) is 1. The van der Waals surface area contributed by atoms with Crippen LogP contribution in [0.25, 0.3) is 17.2 Å². The molecular formula is C25H26N6O. The van der Waals surface area contributed by atoms with E-state index in [1.54, 1.807) is 12.3 Å². The van der Waals surface area contributed by atoms with Crippen molar-refractivity contribution >= 4 is 11.7 Å². The second-order valence-electron chi connectivity index (χ2n) is 9.02. The Morgan fingerprint density at radius 2 is 1.94 bits per heavy atom. The van der Waals surface area contributed by atoms with E-state index < -0.39 is 0 Å². The average molecular weight is 427 g/mol. The van der Waals surface area contributed by atoms with Crippen LogP contribution in [0.5, 0.6) is 0 Å². The Kier molecular flexibility index (Phi) is 4.51. The van der Waals surface area contributed by atoms with E-state index in [1.165, 1.54) is 11.3 Å². The van der Waals surface area contributed by atoms with Crippen molar-refractivity contribution in [3.05, 3.63) is 77.6 Å². The van der Waals surface area contributed by atoms with Gasteiger partial charge in [0.25, 0.3) is 5.91 Å². The topological polar surface area (TPSA) is 77.6 Å². The maximum absolute atomic E-state index is 13.1. The highest BCUT2D eigenvalue weighted by molar-refractivity contribution is 6.04. The van der Waals surface area contributed by atoms with Gasteiger partial charge >= 0.3 is 0 Å². The van der Waals surface area contributed by atoms with E-state index >= 15 is 0 Å². The lowest BCUT2D eigenvalue weighted by atomic mass is 9.82. The molecule has 0 fully saturated rings. The molecule has 1 aliphatic rings. The van der Waals surface area contributed by atoms with Gasteiger partial charge in [0.1, 0.15) is 11.5 Å². The summed E-state index contributed by atoms with van der Waals surface area (Å²) in [7, 11) is 0. The summed E-state index contributed by atoms with van der Waals surface area (Å²) < 4.78 is 4.15. The molecule has 0 bridgehead atoms. The third kappa shape index (κ3) is 3.04. The fourth-order valence-electron chi connectivity index (χ4n) is 4.65. The number of benzene rings is 1. The van der Waals surface area contributed by atoms with Gasteiger partial charge in [-0.3, -0.25) is 4.79 Å². The number of aryl methyl sites for hydroxylation is 1. The molecule has 0 spiro atoms.